The first-order chi connectivity index (χ1) is 9.03. The van der Waals surface area contributed by atoms with E-state index in [2.05, 4.69) is 15.0 Å². The average Bonchev–Trinajstić information content (AvgIpc) is 2.91. The highest BCUT2D eigenvalue weighted by molar-refractivity contribution is 7.89. The van der Waals surface area contributed by atoms with Gasteiger partial charge in [-0.15, -0.1) is 0 Å². The molecule has 1 amide bonds. The van der Waals surface area contributed by atoms with E-state index in [4.69, 9.17) is 0 Å². The number of anilines is 1. The molecule has 0 aliphatic carbocycles. The summed E-state index contributed by atoms with van der Waals surface area (Å²) in [5.74, 6) is -0.151. The SMILES string of the molecule is CCS(=O)(=O)N1CCCC(C(=O)Nc2ccon2)C1. The van der Waals surface area contributed by atoms with Crippen LogP contribution in [0.5, 0.6) is 0 Å². The zero-order valence-electron chi connectivity index (χ0n) is 10.7. The Labute approximate surface area is 112 Å². The molecule has 19 heavy (non-hydrogen) atoms. The molecule has 1 aliphatic heterocycles. The van der Waals surface area contributed by atoms with Crippen LogP contribution in [0.2, 0.25) is 0 Å². The Morgan fingerprint density at radius 1 is 1.63 bits per heavy atom. The molecular weight excluding hydrogens is 270 g/mol. The summed E-state index contributed by atoms with van der Waals surface area (Å²) in [5, 5.41) is 6.21. The number of piperidine rings is 1. The number of carbonyl (C=O) groups is 1. The highest BCUT2D eigenvalue weighted by Gasteiger charge is 2.31. The van der Waals surface area contributed by atoms with Gasteiger partial charge in [-0.05, 0) is 19.8 Å². The van der Waals surface area contributed by atoms with E-state index >= 15 is 0 Å². The van der Waals surface area contributed by atoms with Crippen molar-refractivity contribution in [2.45, 2.75) is 19.8 Å². The van der Waals surface area contributed by atoms with E-state index in [0.717, 1.165) is 0 Å². The molecule has 1 aromatic rings. The Morgan fingerprint density at radius 3 is 3.05 bits per heavy atom. The molecule has 0 saturated carbocycles. The number of aromatic nitrogens is 1. The number of amides is 1. The summed E-state index contributed by atoms with van der Waals surface area (Å²) in [7, 11) is -3.23. The molecule has 106 valence electrons. The lowest BCUT2D eigenvalue weighted by atomic mass is 9.99. The van der Waals surface area contributed by atoms with Crippen LogP contribution in [-0.2, 0) is 14.8 Å². The fraction of sp³-hybridized carbons (Fsp3) is 0.636. The van der Waals surface area contributed by atoms with Crippen molar-refractivity contribution in [3.8, 4) is 0 Å². The molecule has 1 atom stereocenters. The standard InChI is InChI=1S/C11H17N3O4S/c1-2-19(16,17)14-6-3-4-9(8-14)11(15)12-10-5-7-18-13-10/h5,7,9H,2-4,6,8H2,1H3,(H,12,13,15). The second-order valence-corrected chi connectivity index (χ2v) is 6.73. The average molecular weight is 287 g/mol. The van der Waals surface area contributed by atoms with Crippen LogP contribution in [0.15, 0.2) is 16.9 Å². The first-order valence-electron chi connectivity index (χ1n) is 6.22. The highest BCUT2D eigenvalue weighted by atomic mass is 32.2. The lowest BCUT2D eigenvalue weighted by Gasteiger charge is -2.30. The van der Waals surface area contributed by atoms with Crippen molar-refractivity contribution < 1.29 is 17.7 Å². The molecule has 1 unspecified atom stereocenters. The number of rotatable bonds is 4. The second-order valence-electron chi connectivity index (χ2n) is 4.47. The lowest BCUT2D eigenvalue weighted by Crippen LogP contribution is -2.44. The van der Waals surface area contributed by atoms with Gasteiger partial charge >= 0.3 is 0 Å². The summed E-state index contributed by atoms with van der Waals surface area (Å²) in [6.45, 7) is 2.33. The van der Waals surface area contributed by atoms with Crippen molar-refractivity contribution in [2.24, 2.45) is 5.92 Å². The predicted octanol–water partition coefficient (Wildman–Crippen LogP) is 0.675. The highest BCUT2D eigenvalue weighted by Crippen LogP contribution is 2.20. The van der Waals surface area contributed by atoms with Crippen LogP contribution in [0.3, 0.4) is 0 Å². The fourth-order valence-electron chi connectivity index (χ4n) is 2.10. The molecule has 1 aliphatic rings. The van der Waals surface area contributed by atoms with E-state index in [0.29, 0.717) is 25.2 Å². The summed E-state index contributed by atoms with van der Waals surface area (Å²) in [5.41, 5.74) is 0. The quantitative estimate of drug-likeness (QED) is 0.879. The molecule has 2 heterocycles. The van der Waals surface area contributed by atoms with Gasteiger partial charge in [0.05, 0.1) is 11.7 Å². The van der Waals surface area contributed by atoms with E-state index in [-0.39, 0.29) is 24.1 Å². The van der Waals surface area contributed by atoms with Gasteiger partial charge in [0.25, 0.3) is 0 Å². The molecule has 1 aromatic heterocycles. The number of nitrogens with one attached hydrogen (secondary N) is 1. The van der Waals surface area contributed by atoms with Crippen molar-refractivity contribution in [1.82, 2.24) is 9.46 Å². The minimum absolute atomic E-state index is 0.0601. The van der Waals surface area contributed by atoms with Crippen molar-refractivity contribution in [3.05, 3.63) is 12.3 Å². The molecule has 0 bridgehead atoms. The van der Waals surface area contributed by atoms with Gasteiger partial charge in [-0.2, -0.15) is 0 Å². The topological polar surface area (TPSA) is 92.5 Å². The normalized spacial score (nSPS) is 21.2. The zero-order chi connectivity index (χ0) is 13.9. The Balaban J connectivity index is 1.99. The monoisotopic (exact) mass is 287 g/mol. The first-order valence-corrected chi connectivity index (χ1v) is 7.83. The number of carbonyl (C=O) groups excluding carboxylic acids is 1. The van der Waals surface area contributed by atoms with Crippen LogP contribution in [-0.4, -0.2) is 42.6 Å². The summed E-state index contributed by atoms with van der Waals surface area (Å²) in [6, 6.07) is 1.54. The number of hydrogen-bond acceptors (Lipinski definition) is 5. The maximum atomic E-state index is 12.0. The molecule has 1 fully saturated rings. The van der Waals surface area contributed by atoms with Crippen molar-refractivity contribution >= 4 is 21.7 Å². The molecule has 0 spiro atoms. The number of hydrogen-bond donors (Lipinski definition) is 1. The molecule has 8 heteroatoms. The van der Waals surface area contributed by atoms with Gasteiger partial charge in [0.1, 0.15) is 6.26 Å². The van der Waals surface area contributed by atoms with Gasteiger partial charge in [0.2, 0.25) is 15.9 Å². The number of sulfonamides is 1. The van der Waals surface area contributed by atoms with E-state index in [9.17, 15) is 13.2 Å². The van der Waals surface area contributed by atoms with Crippen LogP contribution in [0, 0.1) is 5.92 Å². The molecule has 7 nitrogen and oxygen atoms in total. The third kappa shape index (κ3) is 3.32. The largest absolute Gasteiger partial charge is 0.363 e. The molecule has 2 rings (SSSR count). The molecule has 0 radical (unpaired) electrons. The van der Waals surface area contributed by atoms with Gasteiger partial charge in [-0.25, -0.2) is 12.7 Å². The van der Waals surface area contributed by atoms with Crippen LogP contribution < -0.4 is 5.32 Å². The summed E-state index contributed by atoms with van der Waals surface area (Å²) in [6.07, 6.45) is 2.74. The maximum Gasteiger partial charge on any atom is 0.230 e. The van der Waals surface area contributed by atoms with E-state index in [1.165, 1.54) is 10.6 Å². The second kappa shape index (κ2) is 5.70. The lowest BCUT2D eigenvalue weighted by molar-refractivity contribution is -0.120. The van der Waals surface area contributed by atoms with Crippen LogP contribution in [0.25, 0.3) is 0 Å². The van der Waals surface area contributed by atoms with Gasteiger partial charge in [0, 0.05) is 19.2 Å². The molecule has 1 saturated heterocycles. The van der Waals surface area contributed by atoms with Gasteiger partial charge in [0.15, 0.2) is 5.82 Å². The smallest absolute Gasteiger partial charge is 0.230 e. The van der Waals surface area contributed by atoms with Gasteiger partial charge < -0.3 is 9.84 Å². The summed E-state index contributed by atoms with van der Waals surface area (Å²) < 4.78 is 29.6. The predicted molar refractivity (Wildman–Crippen MR) is 68.9 cm³/mol. The van der Waals surface area contributed by atoms with E-state index < -0.39 is 10.0 Å². The Hall–Kier alpha value is -1.41. The Bertz CT molecular complexity index is 526. The van der Waals surface area contributed by atoms with E-state index in [1.54, 1.807) is 13.0 Å². The molecular formula is C11H17N3O4S. The van der Waals surface area contributed by atoms with Crippen molar-refractivity contribution in [2.75, 3.05) is 24.2 Å². The fourth-order valence-corrected chi connectivity index (χ4v) is 3.28. The molecule has 0 aromatic carbocycles. The maximum absolute atomic E-state index is 12.0. The summed E-state index contributed by atoms with van der Waals surface area (Å²) >= 11 is 0. The van der Waals surface area contributed by atoms with Crippen LogP contribution in [0.1, 0.15) is 19.8 Å². The van der Waals surface area contributed by atoms with Gasteiger partial charge in [-0.1, -0.05) is 5.16 Å². The third-order valence-corrected chi connectivity index (χ3v) is 5.05. The van der Waals surface area contributed by atoms with Crippen molar-refractivity contribution in [1.29, 1.82) is 0 Å². The summed E-state index contributed by atoms with van der Waals surface area (Å²) in [4.78, 5) is 12.0. The van der Waals surface area contributed by atoms with Crippen LogP contribution >= 0.6 is 0 Å². The zero-order valence-corrected chi connectivity index (χ0v) is 11.5. The van der Waals surface area contributed by atoms with E-state index in [1.807, 2.05) is 0 Å². The third-order valence-electron chi connectivity index (χ3n) is 3.20. The Kier molecular flexibility index (Phi) is 4.20. The van der Waals surface area contributed by atoms with Crippen LogP contribution in [0.4, 0.5) is 5.82 Å². The first kappa shape index (κ1) is 14.0. The van der Waals surface area contributed by atoms with Gasteiger partial charge in [-0.3, -0.25) is 4.79 Å². The Morgan fingerprint density at radius 2 is 2.42 bits per heavy atom. The van der Waals surface area contributed by atoms with Crippen molar-refractivity contribution in [3.63, 3.8) is 0 Å². The minimum Gasteiger partial charge on any atom is -0.363 e. The molecule has 1 N–H and O–H groups in total. The minimum atomic E-state index is -3.23. The number of nitrogens with zero attached hydrogens (tertiary/aromatic N) is 2.